The summed E-state index contributed by atoms with van der Waals surface area (Å²) in [5, 5.41) is 0.398. The van der Waals surface area contributed by atoms with Crippen molar-refractivity contribution in [3.05, 3.63) is 70.5 Å². The number of benzene rings is 1. The SMILES string of the molecule is NC(=O)C#Cc1cc(F)c2c(c1)[C@@H](N)C1(CCN(c3ncc(Sc4ccnc(N)c4Cl)c4nccn34)CC1)C2. The number of hydrogen-bond donors (Lipinski definition) is 3. The number of pyridine rings is 1. The van der Waals surface area contributed by atoms with Gasteiger partial charge in [-0.3, -0.25) is 9.20 Å². The molecule has 9 nitrogen and oxygen atoms in total. The average molecular weight is 563 g/mol. The molecule has 0 bridgehead atoms. The third-order valence-electron chi connectivity index (χ3n) is 7.60. The number of nitrogens with two attached hydrogens (primary N) is 3. The monoisotopic (exact) mass is 562 g/mol. The summed E-state index contributed by atoms with van der Waals surface area (Å²) < 4.78 is 17.0. The zero-order valence-electron chi connectivity index (χ0n) is 20.7. The Labute approximate surface area is 232 Å². The van der Waals surface area contributed by atoms with E-state index in [0.717, 1.165) is 39.8 Å². The van der Waals surface area contributed by atoms with Gasteiger partial charge >= 0.3 is 0 Å². The van der Waals surface area contributed by atoms with Gasteiger partial charge in [-0.2, -0.15) is 0 Å². The number of carbonyl (C=O) groups excluding carboxylic acids is 1. The molecular formula is C27H24ClFN8OS. The number of carbonyl (C=O) groups is 1. The second-order valence-corrected chi connectivity index (χ2v) is 11.3. The molecule has 1 aromatic carbocycles. The van der Waals surface area contributed by atoms with E-state index in [9.17, 15) is 4.79 Å². The van der Waals surface area contributed by atoms with E-state index in [1.165, 1.54) is 17.8 Å². The molecule has 4 heterocycles. The lowest BCUT2D eigenvalue weighted by Gasteiger charge is -2.42. The van der Waals surface area contributed by atoms with Crippen LogP contribution in [-0.2, 0) is 11.2 Å². The summed E-state index contributed by atoms with van der Waals surface area (Å²) in [6, 6.07) is 4.61. The zero-order valence-corrected chi connectivity index (χ0v) is 22.3. The molecule has 6 rings (SSSR count). The standard InChI is InChI=1S/C27H24ClFN8OS/c28-22-19(3-6-33-24(22)32)39-20-14-35-26(37-10-7-34-25(20)37)36-8-4-27(5-9-36)13-17-16(23(27)31)11-15(12-18(17)29)1-2-21(30)38/h3,6-7,10-12,14,23H,4-5,8-9,13,31H2,(H2,30,38)(H2,32,33)/t23-/m1/s1. The van der Waals surface area contributed by atoms with Crippen LogP contribution in [0.4, 0.5) is 16.2 Å². The lowest BCUT2D eigenvalue weighted by molar-refractivity contribution is -0.112. The zero-order chi connectivity index (χ0) is 27.3. The summed E-state index contributed by atoms with van der Waals surface area (Å²) in [4.78, 5) is 28.2. The maximum atomic E-state index is 15.0. The van der Waals surface area contributed by atoms with Crippen LogP contribution in [0.25, 0.3) is 5.65 Å². The molecule has 1 aliphatic heterocycles. The number of nitrogens with zero attached hydrogens (tertiary/aromatic N) is 5. The van der Waals surface area contributed by atoms with Gasteiger partial charge in [0.15, 0.2) is 5.65 Å². The quantitative estimate of drug-likeness (QED) is 0.323. The van der Waals surface area contributed by atoms with Gasteiger partial charge in [0.25, 0.3) is 5.91 Å². The minimum absolute atomic E-state index is 0.267. The maximum absolute atomic E-state index is 15.0. The molecule has 12 heteroatoms. The van der Waals surface area contributed by atoms with E-state index in [1.54, 1.807) is 30.7 Å². The molecule has 39 heavy (non-hydrogen) atoms. The van der Waals surface area contributed by atoms with Crippen LogP contribution >= 0.6 is 23.4 Å². The first-order valence-electron chi connectivity index (χ1n) is 12.3. The molecular weight excluding hydrogens is 539 g/mol. The Kier molecular flexibility index (Phi) is 6.33. The molecule has 4 aromatic rings. The molecule has 3 aromatic heterocycles. The van der Waals surface area contributed by atoms with Crippen LogP contribution in [-0.4, -0.2) is 38.3 Å². The molecule has 198 valence electrons. The Morgan fingerprint density at radius 3 is 2.74 bits per heavy atom. The minimum Gasteiger partial charge on any atom is -0.382 e. The summed E-state index contributed by atoms with van der Waals surface area (Å²) in [6.07, 6.45) is 9.13. The highest BCUT2D eigenvalue weighted by Gasteiger charge is 2.47. The first-order valence-corrected chi connectivity index (χ1v) is 13.5. The number of nitrogen functional groups attached to an aromatic ring is 1. The second kappa shape index (κ2) is 9.72. The smallest absolute Gasteiger partial charge is 0.293 e. The van der Waals surface area contributed by atoms with Crippen molar-refractivity contribution in [2.75, 3.05) is 23.7 Å². The van der Waals surface area contributed by atoms with Crippen molar-refractivity contribution in [3.63, 3.8) is 0 Å². The van der Waals surface area contributed by atoms with Crippen LogP contribution in [0.3, 0.4) is 0 Å². The largest absolute Gasteiger partial charge is 0.382 e. The number of rotatable bonds is 3. The van der Waals surface area contributed by atoms with Gasteiger partial charge < -0.3 is 22.1 Å². The lowest BCUT2D eigenvalue weighted by Crippen LogP contribution is -2.45. The number of piperidine rings is 1. The second-order valence-electron chi connectivity index (χ2n) is 9.80. The van der Waals surface area contributed by atoms with Crippen molar-refractivity contribution in [3.8, 4) is 11.8 Å². The van der Waals surface area contributed by atoms with Crippen molar-refractivity contribution < 1.29 is 9.18 Å². The number of anilines is 2. The van der Waals surface area contributed by atoms with Gasteiger partial charge in [-0.25, -0.2) is 19.3 Å². The Bertz CT molecular complexity index is 1690. The van der Waals surface area contributed by atoms with Crippen LogP contribution in [0.2, 0.25) is 5.02 Å². The highest BCUT2D eigenvalue weighted by Crippen LogP contribution is 2.52. The van der Waals surface area contributed by atoms with Gasteiger partial charge in [-0.1, -0.05) is 29.3 Å². The number of imidazole rings is 1. The van der Waals surface area contributed by atoms with E-state index < -0.39 is 5.91 Å². The first kappa shape index (κ1) is 25.4. The fraction of sp³-hybridized carbons (Fsp3) is 0.259. The number of aromatic nitrogens is 4. The van der Waals surface area contributed by atoms with Crippen molar-refractivity contribution in [1.29, 1.82) is 0 Å². The summed E-state index contributed by atoms with van der Waals surface area (Å²) in [6.45, 7) is 1.41. The molecule has 2 aliphatic rings. The third-order valence-corrected chi connectivity index (χ3v) is 9.18. The molecule has 1 saturated heterocycles. The Morgan fingerprint density at radius 2 is 1.97 bits per heavy atom. The van der Waals surface area contributed by atoms with Crippen LogP contribution in [0.15, 0.2) is 52.8 Å². The van der Waals surface area contributed by atoms with Gasteiger partial charge in [-0.15, -0.1) is 0 Å². The lowest BCUT2D eigenvalue weighted by atomic mass is 9.73. The molecule has 1 amide bonds. The van der Waals surface area contributed by atoms with Crippen LogP contribution < -0.4 is 22.1 Å². The van der Waals surface area contributed by atoms with Gasteiger partial charge in [0.05, 0.1) is 9.92 Å². The van der Waals surface area contributed by atoms with Crippen molar-refractivity contribution in [2.24, 2.45) is 16.9 Å². The van der Waals surface area contributed by atoms with Crippen molar-refractivity contribution in [2.45, 2.75) is 35.1 Å². The summed E-state index contributed by atoms with van der Waals surface area (Å²) in [5.41, 5.74) is 20.0. The van der Waals surface area contributed by atoms with E-state index in [2.05, 4.69) is 26.7 Å². The average Bonchev–Trinajstić information content (AvgIpc) is 3.51. The maximum Gasteiger partial charge on any atom is 0.293 e. The van der Waals surface area contributed by atoms with Gasteiger partial charge in [0.1, 0.15) is 11.6 Å². The highest BCUT2D eigenvalue weighted by molar-refractivity contribution is 7.99. The molecule has 0 unspecified atom stereocenters. The number of amides is 1. The predicted octanol–water partition coefficient (Wildman–Crippen LogP) is 3.33. The van der Waals surface area contributed by atoms with Gasteiger partial charge in [0, 0.05) is 54.4 Å². The molecule has 0 saturated carbocycles. The van der Waals surface area contributed by atoms with Crippen molar-refractivity contribution >= 4 is 46.7 Å². The molecule has 1 spiro atoms. The number of halogens is 2. The number of hydrogen-bond acceptors (Lipinski definition) is 8. The van der Waals surface area contributed by atoms with E-state index >= 15 is 4.39 Å². The van der Waals surface area contributed by atoms with Gasteiger partial charge in [0.2, 0.25) is 5.95 Å². The molecule has 6 N–H and O–H groups in total. The molecule has 1 fully saturated rings. The predicted molar refractivity (Wildman–Crippen MR) is 148 cm³/mol. The topological polar surface area (TPSA) is 141 Å². The van der Waals surface area contributed by atoms with Crippen molar-refractivity contribution in [1.82, 2.24) is 19.4 Å². The Morgan fingerprint density at radius 1 is 1.18 bits per heavy atom. The van der Waals surface area contributed by atoms with E-state index in [1.807, 2.05) is 10.6 Å². The number of fused-ring (bicyclic) bond motifs is 2. The van der Waals surface area contributed by atoms with Crippen LogP contribution in [0.1, 0.15) is 35.6 Å². The molecule has 1 atom stereocenters. The first-order chi connectivity index (χ1) is 18.8. The summed E-state index contributed by atoms with van der Waals surface area (Å²) >= 11 is 7.78. The fourth-order valence-electron chi connectivity index (χ4n) is 5.59. The van der Waals surface area contributed by atoms with Gasteiger partial charge in [-0.05, 0) is 59.9 Å². The van der Waals surface area contributed by atoms with E-state index in [-0.39, 0.29) is 23.1 Å². The summed E-state index contributed by atoms with van der Waals surface area (Å²) in [7, 11) is 0. The minimum atomic E-state index is -0.762. The van der Waals surface area contributed by atoms with E-state index in [4.69, 9.17) is 33.8 Å². The van der Waals surface area contributed by atoms with E-state index in [0.29, 0.717) is 35.7 Å². The highest BCUT2D eigenvalue weighted by atomic mass is 35.5. The number of primary amides is 1. The Balaban J connectivity index is 1.23. The normalized spacial score (nSPS) is 17.7. The fourth-order valence-corrected chi connectivity index (χ4v) is 6.72. The molecule has 0 radical (unpaired) electrons. The third kappa shape index (κ3) is 4.44. The Hall–Kier alpha value is -3.85. The van der Waals surface area contributed by atoms with Crippen LogP contribution in [0, 0.1) is 23.1 Å². The summed E-state index contributed by atoms with van der Waals surface area (Å²) in [5.74, 6) is 4.84. The van der Waals surface area contributed by atoms with Crippen LogP contribution in [0.5, 0.6) is 0 Å². The molecule has 1 aliphatic carbocycles.